The molecule has 0 aliphatic rings. The zero-order valence-corrected chi connectivity index (χ0v) is 11.6. The van der Waals surface area contributed by atoms with Crippen molar-refractivity contribution in [2.75, 3.05) is 0 Å². The summed E-state index contributed by atoms with van der Waals surface area (Å²) in [5.74, 6) is -0.699. The van der Waals surface area contributed by atoms with Crippen LogP contribution in [0.1, 0.15) is 16.1 Å². The van der Waals surface area contributed by atoms with Crippen LogP contribution in [-0.4, -0.2) is 20.9 Å². The Kier molecular flexibility index (Phi) is 3.91. The van der Waals surface area contributed by atoms with E-state index in [4.69, 9.17) is 0 Å². The minimum atomic E-state index is -0.372. The number of hydrogen-bond donors (Lipinski definition) is 1. The van der Waals surface area contributed by atoms with Gasteiger partial charge in [-0.05, 0) is 23.8 Å². The number of aromatic nitrogens is 3. The standard InChI is InChI=1S/C16H13FN4O/c17-13-7-4-8-14(9-13)21-11-15(19-20-21)16(22)18-10-12-5-2-1-3-6-12/h1-9,11H,10H2,(H,18,22). The first-order valence-corrected chi connectivity index (χ1v) is 6.73. The molecule has 3 aromatic rings. The number of benzene rings is 2. The number of amides is 1. The molecule has 0 saturated carbocycles. The Hall–Kier alpha value is -3.02. The van der Waals surface area contributed by atoms with Crippen molar-refractivity contribution in [2.45, 2.75) is 6.54 Å². The maximum Gasteiger partial charge on any atom is 0.273 e. The van der Waals surface area contributed by atoms with E-state index in [2.05, 4.69) is 15.6 Å². The van der Waals surface area contributed by atoms with Gasteiger partial charge in [0.15, 0.2) is 5.69 Å². The quantitative estimate of drug-likeness (QED) is 0.804. The lowest BCUT2D eigenvalue weighted by molar-refractivity contribution is 0.0946. The predicted molar refractivity (Wildman–Crippen MR) is 78.9 cm³/mol. The SMILES string of the molecule is O=C(NCc1ccccc1)c1cn(-c2cccc(F)c2)nn1. The second-order valence-electron chi connectivity index (χ2n) is 4.70. The van der Waals surface area contributed by atoms with Gasteiger partial charge >= 0.3 is 0 Å². The van der Waals surface area contributed by atoms with Crippen molar-refractivity contribution in [1.82, 2.24) is 20.3 Å². The normalized spacial score (nSPS) is 10.4. The molecule has 0 atom stereocenters. The third-order valence-electron chi connectivity index (χ3n) is 3.09. The fourth-order valence-electron chi connectivity index (χ4n) is 1.98. The summed E-state index contributed by atoms with van der Waals surface area (Å²) < 4.78 is 14.5. The third-order valence-corrected chi connectivity index (χ3v) is 3.09. The lowest BCUT2D eigenvalue weighted by Gasteiger charge is -2.02. The Morgan fingerprint density at radius 3 is 2.73 bits per heavy atom. The number of carbonyl (C=O) groups is 1. The van der Waals surface area contributed by atoms with Crippen LogP contribution >= 0.6 is 0 Å². The van der Waals surface area contributed by atoms with Crippen LogP contribution in [0.3, 0.4) is 0 Å². The molecule has 0 aliphatic carbocycles. The Bertz CT molecular complexity index is 786. The van der Waals surface area contributed by atoms with Crippen molar-refractivity contribution in [1.29, 1.82) is 0 Å². The maximum atomic E-state index is 13.2. The summed E-state index contributed by atoms with van der Waals surface area (Å²) in [5.41, 5.74) is 1.68. The van der Waals surface area contributed by atoms with Crippen LogP contribution in [0.4, 0.5) is 4.39 Å². The molecule has 0 spiro atoms. The first kappa shape index (κ1) is 13.9. The van der Waals surface area contributed by atoms with Gasteiger partial charge < -0.3 is 5.32 Å². The van der Waals surface area contributed by atoms with Gasteiger partial charge in [-0.25, -0.2) is 9.07 Å². The third kappa shape index (κ3) is 3.17. The smallest absolute Gasteiger partial charge is 0.273 e. The number of halogens is 1. The molecule has 3 rings (SSSR count). The van der Waals surface area contributed by atoms with Crippen LogP contribution in [0, 0.1) is 5.82 Å². The van der Waals surface area contributed by atoms with Gasteiger partial charge in [0, 0.05) is 6.54 Å². The molecule has 0 unspecified atom stereocenters. The van der Waals surface area contributed by atoms with Crippen molar-refractivity contribution in [2.24, 2.45) is 0 Å². The second-order valence-corrected chi connectivity index (χ2v) is 4.70. The van der Waals surface area contributed by atoms with Gasteiger partial charge in [-0.3, -0.25) is 4.79 Å². The molecule has 0 radical (unpaired) electrons. The van der Waals surface area contributed by atoms with E-state index in [1.807, 2.05) is 30.3 Å². The van der Waals surface area contributed by atoms with Crippen molar-refractivity contribution in [3.8, 4) is 5.69 Å². The van der Waals surface area contributed by atoms with Crippen LogP contribution in [0.25, 0.3) is 5.69 Å². The lowest BCUT2D eigenvalue weighted by atomic mass is 10.2. The summed E-state index contributed by atoms with van der Waals surface area (Å²) in [4.78, 5) is 12.0. The van der Waals surface area contributed by atoms with Crippen molar-refractivity contribution >= 4 is 5.91 Å². The van der Waals surface area contributed by atoms with Crippen LogP contribution in [0.5, 0.6) is 0 Å². The van der Waals surface area contributed by atoms with Gasteiger partial charge in [0.05, 0.1) is 11.9 Å². The zero-order valence-electron chi connectivity index (χ0n) is 11.6. The van der Waals surface area contributed by atoms with Crippen molar-refractivity contribution < 1.29 is 9.18 Å². The van der Waals surface area contributed by atoms with E-state index in [1.165, 1.54) is 23.0 Å². The molecule has 6 heteroatoms. The molecule has 1 heterocycles. The van der Waals surface area contributed by atoms with Gasteiger partial charge in [0.2, 0.25) is 0 Å². The number of nitrogens with one attached hydrogen (secondary N) is 1. The molecule has 0 aliphatic heterocycles. The summed E-state index contributed by atoms with van der Waals surface area (Å²) in [6.07, 6.45) is 1.47. The van der Waals surface area contributed by atoms with E-state index in [9.17, 15) is 9.18 Å². The molecule has 1 N–H and O–H groups in total. The Labute approximate surface area is 126 Å². The highest BCUT2D eigenvalue weighted by Crippen LogP contribution is 2.09. The van der Waals surface area contributed by atoms with E-state index < -0.39 is 0 Å². The predicted octanol–water partition coefficient (Wildman–Crippen LogP) is 2.34. The summed E-state index contributed by atoms with van der Waals surface area (Å²) in [6.45, 7) is 0.409. The first-order chi connectivity index (χ1) is 10.7. The van der Waals surface area contributed by atoms with E-state index in [1.54, 1.807) is 12.1 Å². The highest BCUT2D eigenvalue weighted by molar-refractivity contribution is 5.91. The molecule has 0 saturated heterocycles. The van der Waals surface area contributed by atoms with Crippen LogP contribution in [0.15, 0.2) is 60.8 Å². The first-order valence-electron chi connectivity index (χ1n) is 6.73. The largest absolute Gasteiger partial charge is 0.347 e. The highest BCUT2D eigenvalue weighted by Gasteiger charge is 2.11. The molecule has 22 heavy (non-hydrogen) atoms. The molecule has 0 bridgehead atoms. The van der Waals surface area contributed by atoms with Gasteiger partial charge in [-0.2, -0.15) is 0 Å². The minimum absolute atomic E-state index is 0.181. The molecule has 1 aromatic heterocycles. The van der Waals surface area contributed by atoms with Gasteiger partial charge in [-0.15, -0.1) is 5.10 Å². The topological polar surface area (TPSA) is 59.8 Å². The van der Waals surface area contributed by atoms with E-state index in [0.717, 1.165) is 5.56 Å². The average molecular weight is 296 g/mol. The Balaban J connectivity index is 1.69. The molecule has 110 valence electrons. The Morgan fingerprint density at radius 1 is 1.14 bits per heavy atom. The average Bonchev–Trinajstić information content (AvgIpc) is 3.04. The van der Waals surface area contributed by atoms with Gasteiger partial charge in [-0.1, -0.05) is 41.6 Å². The lowest BCUT2D eigenvalue weighted by Crippen LogP contribution is -2.23. The number of hydrogen-bond acceptors (Lipinski definition) is 3. The zero-order chi connectivity index (χ0) is 15.4. The molecule has 1 amide bonds. The van der Waals surface area contributed by atoms with Gasteiger partial charge in [0.1, 0.15) is 5.82 Å². The summed E-state index contributed by atoms with van der Waals surface area (Å²) in [7, 11) is 0. The van der Waals surface area contributed by atoms with Crippen LogP contribution in [0.2, 0.25) is 0 Å². The Morgan fingerprint density at radius 2 is 1.95 bits per heavy atom. The fourth-order valence-corrected chi connectivity index (χ4v) is 1.98. The molecule has 5 nitrogen and oxygen atoms in total. The summed E-state index contributed by atoms with van der Waals surface area (Å²) >= 11 is 0. The van der Waals surface area contributed by atoms with Crippen molar-refractivity contribution in [3.05, 3.63) is 77.9 Å². The van der Waals surface area contributed by atoms with Crippen LogP contribution < -0.4 is 5.32 Å². The summed E-state index contributed by atoms with van der Waals surface area (Å²) in [6, 6.07) is 15.5. The highest BCUT2D eigenvalue weighted by atomic mass is 19.1. The summed E-state index contributed by atoms with van der Waals surface area (Å²) in [5, 5.41) is 10.4. The number of rotatable bonds is 4. The van der Waals surface area contributed by atoms with Gasteiger partial charge in [0.25, 0.3) is 5.91 Å². The molecular weight excluding hydrogens is 283 g/mol. The van der Waals surface area contributed by atoms with E-state index >= 15 is 0 Å². The maximum absolute atomic E-state index is 13.2. The number of carbonyl (C=O) groups excluding carboxylic acids is 1. The number of nitrogens with zero attached hydrogens (tertiary/aromatic N) is 3. The minimum Gasteiger partial charge on any atom is -0.347 e. The molecule has 0 fully saturated rings. The second kappa shape index (κ2) is 6.17. The fraction of sp³-hybridized carbons (Fsp3) is 0.0625. The van der Waals surface area contributed by atoms with E-state index in [-0.39, 0.29) is 17.4 Å². The van der Waals surface area contributed by atoms with Crippen LogP contribution in [-0.2, 0) is 6.54 Å². The van der Waals surface area contributed by atoms with E-state index in [0.29, 0.717) is 12.2 Å². The molecular formula is C16H13FN4O. The monoisotopic (exact) mass is 296 g/mol. The molecule has 2 aromatic carbocycles. The van der Waals surface area contributed by atoms with Crippen molar-refractivity contribution in [3.63, 3.8) is 0 Å².